The van der Waals surface area contributed by atoms with Crippen molar-refractivity contribution in [2.24, 2.45) is 0 Å². The number of hydrogen-bond donors (Lipinski definition) is 0. The fourth-order valence-corrected chi connectivity index (χ4v) is 1.51. The molecule has 1 heterocycles. The third kappa shape index (κ3) is 2.10. The molecule has 76 valence electrons. The largest absolute Gasteiger partial charge is 0.205 e. The second-order valence-corrected chi connectivity index (χ2v) is 3.66. The monoisotopic (exact) mass is 220 g/mol. The van der Waals surface area contributed by atoms with E-state index >= 15 is 0 Å². The summed E-state index contributed by atoms with van der Waals surface area (Å²) in [6.07, 6.45) is 0. The molecule has 0 atom stereocenters. The summed E-state index contributed by atoms with van der Waals surface area (Å²) in [5.41, 5.74) is 1.85. The Kier molecular flexibility index (Phi) is 2.60. The van der Waals surface area contributed by atoms with Gasteiger partial charge in [0.15, 0.2) is 5.82 Å². The van der Waals surface area contributed by atoms with Gasteiger partial charge in [0.1, 0.15) is 0 Å². The van der Waals surface area contributed by atoms with Crippen LogP contribution in [0.1, 0.15) is 11.4 Å². The molecule has 0 saturated heterocycles. The van der Waals surface area contributed by atoms with E-state index in [1.165, 1.54) is 0 Å². The minimum atomic E-state index is 0.450. The van der Waals surface area contributed by atoms with Crippen LogP contribution in [0.2, 0.25) is 5.02 Å². The first-order chi connectivity index (χ1) is 7.16. The highest BCUT2D eigenvalue weighted by molar-refractivity contribution is 6.33. The number of aromatic nitrogens is 4. The standard InChI is InChI=1S/C10H9ClN4/c1-6-3-4-8(9(11)5-6)10-14-12-7(2)13-15-10/h3-5H,1-2H3. The van der Waals surface area contributed by atoms with E-state index in [4.69, 9.17) is 11.6 Å². The molecule has 0 spiro atoms. The maximum Gasteiger partial charge on any atom is 0.205 e. The summed E-state index contributed by atoms with van der Waals surface area (Å²) in [5.74, 6) is 0.993. The Morgan fingerprint density at radius 1 is 1.00 bits per heavy atom. The topological polar surface area (TPSA) is 51.6 Å². The number of aryl methyl sites for hydroxylation is 2. The highest BCUT2D eigenvalue weighted by Crippen LogP contribution is 2.24. The van der Waals surface area contributed by atoms with E-state index in [-0.39, 0.29) is 0 Å². The molecule has 1 aromatic carbocycles. The Morgan fingerprint density at radius 3 is 2.27 bits per heavy atom. The number of halogens is 1. The van der Waals surface area contributed by atoms with Crippen molar-refractivity contribution in [1.29, 1.82) is 0 Å². The van der Waals surface area contributed by atoms with Crippen molar-refractivity contribution in [1.82, 2.24) is 20.4 Å². The van der Waals surface area contributed by atoms with Gasteiger partial charge in [-0.3, -0.25) is 0 Å². The van der Waals surface area contributed by atoms with Crippen molar-refractivity contribution in [2.45, 2.75) is 13.8 Å². The van der Waals surface area contributed by atoms with Crippen molar-refractivity contribution in [2.75, 3.05) is 0 Å². The fourth-order valence-electron chi connectivity index (χ4n) is 1.19. The van der Waals surface area contributed by atoms with Gasteiger partial charge >= 0.3 is 0 Å². The van der Waals surface area contributed by atoms with Gasteiger partial charge in [0, 0.05) is 5.56 Å². The molecule has 4 nitrogen and oxygen atoms in total. The van der Waals surface area contributed by atoms with Crippen molar-refractivity contribution in [3.8, 4) is 11.4 Å². The van der Waals surface area contributed by atoms with Crippen molar-refractivity contribution >= 4 is 11.6 Å². The molecule has 0 aliphatic rings. The average molecular weight is 221 g/mol. The Labute approximate surface area is 92.3 Å². The Balaban J connectivity index is 2.49. The molecule has 0 unspecified atom stereocenters. The van der Waals surface area contributed by atoms with Gasteiger partial charge in [-0.1, -0.05) is 17.7 Å². The zero-order valence-corrected chi connectivity index (χ0v) is 9.15. The molecule has 2 rings (SSSR count). The molecular weight excluding hydrogens is 212 g/mol. The van der Waals surface area contributed by atoms with Gasteiger partial charge in [0.25, 0.3) is 0 Å². The number of rotatable bonds is 1. The Morgan fingerprint density at radius 2 is 1.67 bits per heavy atom. The highest BCUT2D eigenvalue weighted by Gasteiger charge is 2.07. The average Bonchev–Trinajstić information content (AvgIpc) is 2.20. The number of nitrogens with zero attached hydrogens (tertiary/aromatic N) is 4. The molecule has 0 aliphatic carbocycles. The Bertz CT molecular complexity index is 481. The third-order valence-electron chi connectivity index (χ3n) is 1.94. The summed E-state index contributed by atoms with van der Waals surface area (Å²) in [5, 5.41) is 16.1. The summed E-state index contributed by atoms with van der Waals surface area (Å²) in [4.78, 5) is 0. The van der Waals surface area contributed by atoms with E-state index < -0.39 is 0 Å². The molecule has 15 heavy (non-hydrogen) atoms. The van der Waals surface area contributed by atoms with Crippen LogP contribution in [0.15, 0.2) is 18.2 Å². The molecule has 0 radical (unpaired) electrons. The van der Waals surface area contributed by atoms with Crippen LogP contribution in [0.4, 0.5) is 0 Å². The van der Waals surface area contributed by atoms with Crippen LogP contribution >= 0.6 is 11.6 Å². The fraction of sp³-hybridized carbons (Fsp3) is 0.200. The zero-order chi connectivity index (χ0) is 10.8. The van der Waals surface area contributed by atoms with Crippen LogP contribution < -0.4 is 0 Å². The molecule has 1 aromatic heterocycles. The van der Waals surface area contributed by atoms with Crippen LogP contribution in [0.25, 0.3) is 11.4 Å². The van der Waals surface area contributed by atoms with E-state index in [1.807, 2.05) is 25.1 Å². The van der Waals surface area contributed by atoms with Gasteiger partial charge in [0.05, 0.1) is 5.02 Å². The lowest BCUT2D eigenvalue weighted by atomic mass is 10.1. The van der Waals surface area contributed by atoms with Crippen LogP contribution in [-0.2, 0) is 0 Å². The molecule has 0 bridgehead atoms. The summed E-state index contributed by atoms with van der Waals surface area (Å²) < 4.78 is 0. The lowest BCUT2D eigenvalue weighted by Crippen LogP contribution is -1.98. The number of hydrogen-bond acceptors (Lipinski definition) is 4. The van der Waals surface area contributed by atoms with Gasteiger partial charge < -0.3 is 0 Å². The molecule has 0 aliphatic heterocycles. The first-order valence-electron chi connectivity index (χ1n) is 4.47. The SMILES string of the molecule is Cc1ccc(-c2nnc(C)nn2)c(Cl)c1. The molecular formula is C10H9ClN4. The van der Waals surface area contributed by atoms with E-state index in [0.717, 1.165) is 11.1 Å². The predicted molar refractivity (Wildman–Crippen MR) is 57.5 cm³/mol. The Hall–Kier alpha value is -1.55. The summed E-state index contributed by atoms with van der Waals surface area (Å²) in [6.45, 7) is 3.71. The van der Waals surface area contributed by atoms with Crippen molar-refractivity contribution in [3.63, 3.8) is 0 Å². The zero-order valence-electron chi connectivity index (χ0n) is 8.40. The lowest BCUT2D eigenvalue weighted by molar-refractivity contribution is 0.816. The summed E-state index contributed by atoms with van der Waals surface area (Å²) in [7, 11) is 0. The molecule has 0 amide bonds. The smallest absolute Gasteiger partial charge is 0.131 e. The number of benzene rings is 1. The first kappa shape index (κ1) is 9.98. The maximum atomic E-state index is 6.07. The molecule has 0 saturated carbocycles. The van der Waals surface area contributed by atoms with E-state index in [9.17, 15) is 0 Å². The van der Waals surface area contributed by atoms with Gasteiger partial charge in [-0.2, -0.15) is 0 Å². The van der Waals surface area contributed by atoms with Gasteiger partial charge in [0.2, 0.25) is 5.82 Å². The summed E-state index contributed by atoms with van der Waals surface area (Å²) >= 11 is 6.07. The normalized spacial score (nSPS) is 10.3. The predicted octanol–water partition coefficient (Wildman–Crippen LogP) is 2.20. The molecule has 0 fully saturated rings. The van der Waals surface area contributed by atoms with Crippen molar-refractivity contribution < 1.29 is 0 Å². The van der Waals surface area contributed by atoms with Crippen molar-refractivity contribution in [3.05, 3.63) is 34.6 Å². The second kappa shape index (κ2) is 3.90. The van der Waals surface area contributed by atoms with Crippen LogP contribution in [0.5, 0.6) is 0 Å². The van der Waals surface area contributed by atoms with Crippen LogP contribution in [-0.4, -0.2) is 20.4 Å². The minimum absolute atomic E-state index is 0.450. The molecule has 5 heteroatoms. The summed E-state index contributed by atoms with van der Waals surface area (Å²) in [6, 6.07) is 5.68. The van der Waals surface area contributed by atoms with Gasteiger partial charge in [-0.25, -0.2) is 0 Å². The van der Waals surface area contributed by atoms with E-state index in [1.54, 1.807) is 6.92 Å². The van der Waals surface area contributed by atoms with Crippen LogP contribution in [0.3, 0.4) is 0 Å². The van der Waals surface area contributed by atoms with E-state index in [2.05, 4.69) is 20.4 Å². The molecule has 0 N–H and O–H groups in total. The second-order valence-electron chi connectivity index (χ2n) is 3.25. The van der Waals surface area contributed by atoms with E-state index in [0.29, 0.717) is 16.7 Å². The van der Waals surface area contributed by atoms with Crippen LogP contribution in [0, 0.1) is 13.8 Å². The highest BCUT2D eigenvalue weighted by atomic mass is 35.5. The quantitative estimate of drug-likeness (QED) is 0.740. The molecule has 2 aromatic rings. The van der Waals surface area contributed by atoms with Gasteiger partial charge in [-0.05, 0) is 31.5 Å². The maximum absolute atomic E-state index is 6.07. The first-order valence-corrected chi connectivity index (χ1v) is 4.85. The van der Waals surface area contributed by atoms with Gasteiger partial charge in [-0.15, -0.1) is 20.4 Å². The lowest BCUT2D eigenvalue weighted by Gasteiger charge is -2.02. The third-order valence-corrected chi connectivity index (χ3v) is 2.26. The minimum Gasteiger partial charge on any atom is -0.131 e.